The normalized spacial score (nSPS) is 23.8. The first-order valence-electron chi connectivity index (χ1n) is 7.51. The van der Waals surface area contributed by atoms with Crippen LogP contribution in [0.15, 0.2) is 18.2 Å². The Morgan fingerprint density at radius 1 is 1.23 bits per heavy atom. The minimum Gasteiger partial charge on any atom is -0.497 e. The number of amides is 2. The molecule has 1 aromatic carbocycles. The second kappa shape index (κ2) is 6.04. The molecular weight excluding hydrogens is 284 g/mol. The molecular formula is C16H22N2O4. The number of carbonyl (C=O) groups excluding carboxylic acids is 1. The van der Waals surface area contributed by atoms with Crippen LogP contribution in [0.5, 0.6) is 11.5 Å². The lowest BCUT2D eigenvalue weighted by molar-refractivity contribution is 0.154. The van der Waals surface area contributed by atoms with Crippen LogP contribution in [0.2, 0.25) is 0 Å². The summed E-state index contributed by atoms with van der Waals surface area (Å²) < 4.78 is 15.9. The highest BCUT2D eigenvalue weighted by Gasteiger charge is 2.42. The number of anilines is 1. The molecule has 1 unspecified atom stereocenters. The molecule has 0 saturated carbocycles. The van der Waals surface area contributed by atoms with Crippen molar-refractivity contribution >= 4 is 11.7 Å². The van der Waals surface area contributed by atoms with Crippen LogP contribution in [0.25, 0.3) is 0 Å². The average Bonchev–Trinajstić information content (AvgIpc) is 3.17. The van der Waals surface area contributed by atoms with E-state index in [2.05, 4.69) is 5.32 Å². The molecule has 2 saturated heterocycles. The van der Waals surface area contributed by atoms with Gasteiger partial charge in [-0.2, -0.15) is 0 Å². The monoisotopic (exact) mass is 306 g/mol. The third-order valence-electron chi connectivity index (χ3n) is 4.51. The third kappa shape index (κ3) is 2.97. The minimum atomic E-state index is -0.0842. The Bertz CT molecular complexity index is 533. The summed E-state index contributed by atoms with van der Waals surface area (Å²) in [6, 6.07) is 5.26. The van der Waals surface area contributed by atoms with Gasteiger partial charge in [0.15, 0.2) is 0 Å². The quantitative estimate of drug-likeness (QED) is 0.931. The van der Waals surface area contributed by atoms with Gasteiger partial charge in [-0.25, -0.2) is 4.79 Å². The van der Waals surface area contributed by atoms with Crippen molar-refractivity contribution in [3.63, 3.8) is 0 Å². The SMILES string of the molecule is COc1cc(NC(=O)N2CCC3(CCOC3)C2)cc(OC)c1. The summed E-state index contributed by atoms with van der Waals surface area (Å²) in [6.07, 6.45) is 2.06. The Labute approximate surface area is 130 Å². The van der Waals surface area contributed by atoms with Crippen molar-refractivity contribution < 1.29 is 19.0 Å². The number of ether oxygens (including phenoxy) is 3. The molecule has 0 aliphatic carbocycles. The predicted molar refractivity (Wildman–Crippen MR) is 82.6 cm³/mol. The van der Waals surface area contributed by atoms with Gasteiger partial charge in [0.05, 0.1) is 20.8 Å². The number of carbonyl (C=O) groups is 1. The molecule has 2 aliphatic heterocycles. The number of benzene rings is 1. The van der Waals surface area contributed by atoms with Gasteiger partial charge in [-0.1, -0.05) is 0 Å². The fourth-order valence-corrected chi connectivity index (χ4v) is 3.16. The zero-order valence-corrected chi connectivity index (χ0v) is 13.1. The predicted octanol–water partition coefficient (Wildman–Crippen LogP) is 2.35. The van der Waals surface area contributed by atoms with Crippen LogP contribution < -0.4 is 14.8 Å². The molecule has 120 valence electrons. The highest BCUT2D eigenvalue weighted by Crippen LogP contribution is 2.38. The standard InChI is InChI=1S/C16H22N2O4/c1-20-13-7-12(8-14(9-13)21-2)17-15(19)18-5-3-16(10-18)4-6-22-11-16/h7-9H,3-6,10-11H2,1-2H3,(H,17,19). The van der Waals surface area contributed by atoms with Crippen molar-refractivity contribution in [1.29, 1.82) is 0 Å². The Hall–Kier alpha value is -1.95. The maximum Gasteiger partial charge on any atom is 0.321 e. The Morgan fingerprint density at radius 3 is 2.55 bits per heavy atom. The molecule has 6 heteroatoms. The van der Waals surface area contributed by atoms with Gasteiger partial charge in [-0.05, 0) is 12.8 Å². The lowest BCUT2D eigenvalue weighted by atomic mass is 9.87. The van der Waals surface area contributed by atoms with Crippen LogP contribution in [-0.4, -0.2) is 51.5 Å². The first kappa shape index (κ1) is 15.0. The molecule has 6 nitrogen and oxygen atoms in total. The molecule has 1 spiro atoms. The Balaban J connectivity index is 1.67. The van der Waals surface area contributed by atoms with E-state index >= 15 is 0 Å². The van der Waals surface area contributed by atoms with Crippen molar-refractivity contribution in [2.24, 2.45) is 5.41 Å². The molecule has 0 aromatic heterocycles. The zero-order valence-electron chi connectivity index (χ0n) is 13.1. The topological polar surface area (TPSA) is 60.0 Å². The van der Waals surface area contributed by atoms with E-state index in [1.165, 1.54) is 0 Å². The number of nitrogens with one attached hydrogen (secondary N) is 1. The van der Waals surface area contributed by atoms with Gasteiger partial charge < -0.3 is 24.4 Å². The molecule has 2 heterocycles. The summed E-state index contributed by atoms with van der Waals surface area (Å²) in [5.41, 5.74) is 0.841. The molecule has 3 rings (SSSR count). The lowest BCUT2D eigenvalue weighted by Gasteiger charge is -2.22. The fraction of sp³-hybridized carbons (Fsp3) is 0.562. The van der Waals surface area contributed by atoms with Crippen LogP contribution in [-0.2, 0) is 4.74 Å². The van der Waals surface area contributed by atoms with Crippen LogP contribution >= 0.6 is 0 Å². The molecule has 1 N–H and O–H groups in total. The highest BCUT2D eigenvalue weighted by molar-refractivity contribution is 5.90. The number of likely N-dealkylation sites (tertiary alicyclic amines) is 1. The van der Waals surface area contributed by atoms with E-state index in [-0.39, 0.29) is 11.4 Å². The van der Waals surface area contributed by atoms with E-state index < -0.39 is 0 Å². The number of urea groups is 1. The summed E-state index contributed by atoms with van der Waals surface area (Å²) in [6.45, 7) is 3.11. The first-order chi connectivity index (χ1) is 10.6. The van der Waals surface area contributed by atoms with Gasteiger partial charge in [-0.15, -0.1) is 0 Å². The van der Waals surface area contributed by atoms with Gasteiger partial charge >= 0.3 is 6.03 Å². The maximum atomic E-state index is 12.4. The molecule has 0 radical (unpaired) electrons. The molecule has 2 aliphatic rings. The number of rotatable bonds is 3. The Kier molecular flexibility index (Phi) is 4.11. The third-order valence-corrected chi connectivity index (χ3v) is 4.51. The summed E-state index contributed by atoms with van der Waals surface area (Å²) in [5, 5.41) is 2.93. The minimum absolute atomic E-state index is 0.0842. The number of methoxy groups -OCH3 is 2. The Morgan fingerprint density at radius 2 is 1.95 bits per heavy atom. The van der Waals surface area contributed by atoms with Gasteiger partial charge in [0.25, 0.3) is 0 Å². The van der Waals surface area contributed by atoms with Crippen LogP contribution in [0, 0.1) is 5.41 Å². The number of nitrogens with zero attached hydrogens (tertiary/aromatic N) is 1. The second-order valence-electron chi connectivity index (χ2n) is 6.01. The number of hydrogen-bond acceptors (Lipinski definition) is 4. The van der Waals surface area contributed by atoms with Gasteiger partial charge in [0, 0.05) is 49.0 Å². The van der Waals surface area contributed by atoms with Gasteiger partial charge in [0.2, 0.25) is 0 Å². The van der Waals surface area contributed by atoms with E-state index in [0.29, 0.717) is 17.2 Å². The van der Waals surface area contributed by atoms with Gasteiger partial charge in [-0.3, -0.25) is 0 Å². The largest absolute Gasteiger partial charge is 0.497 e. The summed E-state index contributed by atoms with van der Waals surface area (Å²) in [7, 11) is 3.18. The van der Waals surface area contributed by atoms with Crippen LogP contribution in [0.4, 0.5) is 10.5 Å². The van der Waals surface area contributed by atoms with Crippen molar-refractivity contribution in [2.45, 2.75) is 12.8 Å². The van der Waals surface area contributed by atoms with E-state index in [1.807, 2.05) is 4.90 Å². The summed E-state index contributed by atoms with van der Waals surface area (Å²) in [5.74, 6) is 1.30. The first-order valence-corrected chi connectivity index (χ1v) is 7.51. The maximum absolute atomic E-state index is 12.4. The molecule has 22 heavy (non-hydrogen) atoms. The molecule has 1 atom stereocenters. The van der Waals surface area contributed by atoms with Gasteiger partial charge in [0.1, 0.15) is 11.5 Å². The van der Waals surface area contributed by atoms with Crippen molar-refractivity contribution in [3.8, 4) is 11.5 Å². The van der Waals surface area contributed by atoms with Crippen LogP contribution in [0.3, 0.4) is 0 Å². The molecule has 2 amide bonds. The van der Waals surface area contributed by atoms with E-state index in [4.69, 9.17) is 14.2 Å². The highest BCUT2D eigenvalue weighted by atomic mass is 16.5. The average molecular weight is 306 g/mol. The van der Waals surface area contributed by atoms with E-state index in [0.717, 1.165) is 39.1 Å². The lowest BCUT2D eigenvalue weighted by Crippen LogP contribution is -2.35. The fourth-order valence-electron chi connectivity index (χ4n) is 3.16. The van der Waals surface area contributed by atoms with E-state index in [9.17, 15) is 4.79 Å². The summed E-state index contributed by atoms with van der Waals surface area (Å²) >= 11 is 0. The molecule has 1 aromatic rings. The zero-order chi connectivity index (χ0) is 15.6. The summed E-state index contributed by atoms with van der Waals surface area (Å²) in [4.78, 5) is 14.3. The van der Waals surface area contributed by atoms with E-state index in [1.54, 1.807) is 32.4 Å². The molecule has 2 fully saturated rings. The molecule has 0 bridgehead atoms. The van der Waals surface area contributed by atoms with Crippen molar-refractivity contribution in [3.05, 3.63) is 18.2 Å². The number of hydrogen-bond donors (Lipinski definition) is 1. The second-order valence-corrected chi connectivity index (χ2v) is 6.01. The van der Waals surface area contributed by atoms with Crippen molar-refractivity contribution in [1.82, 2.24) is 4.90 Å². The van der Waals surface area contributed by atoms with Crippen LogP contribution in [0.1, 0.15) is 12.8 Å². The smallest absolute Gasteiger partial charge is 0.321 e. The van der Waals surface area contributed by atoms with Crippen molar-refractivity contribution in [2.75, 3.05) is 45.8 Å².